The maximum absolute atomic E-state index is 13.3. The molecule has 0 aliphatic rings. The number of amides is 1. The SMILES string of the molecule is CN(CCC(F)(F)F)C(=O)c1ccc(F)c(S(=O)(=O)Cl)c1. The Hall–Kier alpha value is -1.35. The third kappa shape index (κ3) is 5.16. The van der Waals surface area contributed by atoms with Gasteiger partial charge in [-0.25, -0.2) is 12.8 Å². The summed E-state index contributed by atoms with van der Waals surface area (Å²) in [6.45, 7) is -0.608. The van der Waals surface area contributed by atoms with Crippen LogP contribution in [0.2, 0.25) is 0 Å². The van der Waals surface area contributed by atoms with Gasteiger partial charge < -0.3 is 4.90 Å². The molecule has 0 bridgehead atoms. The molecule has 0 saturated carbocycles. The Labute approximate surface area is 122 Å². The van der Waals surface area contributed by atoms with Crippen LogP contribution in [0.1, 0.15) is 16.8 Å². The first kappa shape index (κ1) is 17.7. The van der Waals surface area contributed by atoms with Crippen molar-refractivity contribution in [2.45, 2.75) is 17.5 Å². The molecule has 1 rings (SSSR count). The zero-order valence-electron chi connectivity index (χ0n) is 10.6. The van der Waals surface area contributed by atoms with Gasteiger partial charge in [0.25, 0.3) is 15.0 Å². The maximum atomic E-state index is 13.3. The zero-order valence-corrected chi connectivity index (χ0v) is 12.2. The number of carbonyl (C=O) groups excluding carboxylic acids is 1. The van der Waals surface area contributed by atoms with Crippen LogP contribution in [0.3, 0.4) is 0 Å². The molecule has 1 amide bonds. The molecule has 0 aliphatic carbocycles. The van der Waals surface area contributed by atoms with E-state index in [4.69, 9.17) is 10.7 Å². The van der Waals surface area contributed by atoms with Crippen LogP contribution in [0.4, 0.5) is 17.6 Å². The Balaban J connectivity index is 2.98. The molecule has 0 heterocycles. The van der Waals surface area contributed by atoms with E-state index in [2.05, 4.69) is 0 Å². The largest absolute Gasteiger partial charge is 0.390 e. The second kappa shape index (κ2) is 6.18. The van der Waals surface area contributed by atoms with Crippen LogP contribution in [0.5, 0.6) is 0 Å². The molecular formula is C11H10ClF4NO3S. The van der Waals surface area contributed by atoms with Gasteiger partial charge in [0.2, 0.25) is 0 Å². The van der Waals surface area contributed by atoms with Crippen molar-refractivity contribution in [3.05, 3.63) is 29.6 Å². The van der Waals surface area contributed by atoms with E-state index in [-0.39, 0.29) is 5.56 Å². The van der Waals surface area contributed by atoms with Crippen LogP contribution in [-0.2, 0) is 9.05 Å². The zero-order chi connectivity index (χ0) is 16.4. The molecule has 4 nitrogen and oxygen atoms in total. The molecule has 0 atom stereocenters. The first-order chi connectivity index (χ1) is 9.42. The summed E-state index contributed by atoms with van der Waals surface area (Å²) >= 11 is 0. The Morgan fingerprint density at radius 1 is 1.33 bits per heavy atom. The smallest absolute Gasteiger partial charge is 0.341 e. The number of benzene rings is 1. The lowest BCUT2D eigenvalue weighted by Crippen LogP contribution is -2.30. The highest BCUT2D eigenvalue weighted by Crippen LogP contribution is 2.22. The predicted octanol–water partition coefficient (Wildman–Crippen LogP) is 2.78. The van der Waals surface area contributed by atoms with Crippen molar-refractivity contribution in [1.29, 1.82) is 0 Å². The molecule has 1 aromatic carbocycles. The van der Waals surface area contributed by atoms with Gasteiger partial charge in [0.05, 0.1) is 6.42 Å². The molecule has 21 heavy (non-hydrogen) atoms. The summed E-state index contributed by atoms with van der Waals surface area (Å²) in [5, 5.41) is 0. The van der Waals surface area contributed by atoms with Gasteiger partial charge in [-0.2, -0.15) is 13.2 Å². The van der Waals surface area contributed by atoms with Crippen LogP contribution in [0.15, 0.2) is 23.1 Å². The van der Waals surface area contributed by atoms with Gasteiger partial charge in [0, 0.05) is 29.8 Å². The monoisotopic (exact) mass is 347 g/mol. The van der Waals surface area contributed by atoms with Gasteiger partial charge in [-0.3, -0.25) is 4.79 Å². The third-order valence-electron chi connectivity index (χ3n) is 2.52. The number of alkyl halides is 3. The Morgan fingerprint density at radius 2 is 1.90 bits per heavy atom. The van der Waals surface area contributed by atoms with Gasteiger partial charge in [-0.05, 0) is 18.2 Å². The van der Waals surface area contributed by atoms with Gasteiger partial charge in [0.15, 0.2) is 0 Å². The molecule has 0 aromatic heterocycles. The van der Waals surface area contributed by atoms with Crippen LogP contribution >= 0.6 is 10.7 Å². The number of hydrogen-bond acceptors (Lipinski definition) is 3. The van der Waals surface area contributed by atoms with Crippen LogP contribution in [-0.4, -0.2) is 39.0 Å². The molecule has 0 spiro atoms. The topological polar surface area (TPSA) is 54.5 Å². The standard InChI is InChI=1S/C11H10ClF4NO3S/c1-17(5-4-11(14,15)16)10(18)7-2-3-8(13)9(6-7)21(12,19)20/h2-3,6H,4-5H2,1H3. The molecule has 0 fully saturated rings. The summed E-state index contributed by atoms with van der Waals surface area (Å²) in [6.07, 6.45) is -5.64. The van der Waals surface area contributed by atoms with Gasteiger partial charge >= 0.3 is 6.18 Å². The molecule has 0 aliphatic heterocycles. The lowest BCUT2D eigenvalue weighted by atomic mass is 10.2. The van der Waals surface area contributed by atoms with Gasteiger partial charge in [-0.1, -0.05) is 0 Å². The summed E-state index contributed by atoms with van der Waals surface area (Å²) in [6, 6.07) is 2.36. The van der Waals surface area contributed by atoms with Crippen LogP contribution in [0, 0.1) is 5.82 Å². The van der Waals surface area contributed by atoms with Crippen molar-refractivity contribution in [2.24, 2.45) is 0 Å². The fraction of sp³-hybridized carbons (Fsp3) is 0.364. The lowest BCUT2D eigenvalue weighted by Gasteiger charge is -2.18. The van der Waals surface area contributed by atoms with Crippen molar-refractivity contribution < 1.29 is 30.8 Å². The molecule has 0 N–H and O–H groups in total. The highest BCUT2D eigenvalue weighted by Gasteiger charge is 2.28. The van der Waals surface area contributed by atoms with E-state index in [1.54, 1.807) is 0 Å². The van der Waals surface area contributed by atoms with Crippen LogP contribution < -0.4 is 0 Å². The summed E-state index contributed by atoms with van der Waals surface area (Å²) < 4.78 is 71.7. The Kier molecular flexibility index (Phi) is 5.21. The van der Waals surface area contributed by atoms with E-state index in [0.29, 0.717) is 12.1 Å². The van der Waals surface area contributed by atoms with E-state index in [1.807, 2.05) is 0 Å². The average Bonchev–Trinajstić information content (AvgIpc) is 2.33. The molecule has 0 unspecified atom stereocenters. The predicted molar refractivity (Wildman–Crippen MR) is 67.1 cm³/mol. The normalized spacial score (nSPS) is 12.3. The maximum Gasteiger partial charge on any atom is 0.390 e. The fourth-order valence-corrected chi connectivity index (χ4v) is 2.36. The second-order valence-electron chi connectivity index (χ2n) is 4.17. The summed E-state index contributed by atoms with van der Waals surface area (Å²) in [7, 11) is 1.71. The number of rotatable bonds is 4. The fourth-order valence-electron chi connectivity index (χ4n) is 1.44. The van der Waals surface area contributed by atoms with E-state index < -0.39 is 44.8 Å². The molecule has 118 valence electrons. The van der Waals surface area contributed by atoms with E-state index >= 15 is 0 Å². The van der Waals surface area contributed by atoms with E-state index in [0.717, 1.165) is 18.0 Å². The van der Waals surface area contributed by atoms with Crippen molar-refractivity contribution in [2.75, 3.05) is 13.6 Å². The molecule has 0 saturated heterocycles. The summed E-state index contributed by atoms with van der Waals surface area (Å²) in [5.41, 5.74) is -0.278. The third-order valence-corrected chi connectivity index (χ3v) is 3.86. The summed E-state index contributed by atoms with van der Waals surface area (Å²) in [4.78, 5) is 11.7. The van der Waals surface area contributed by atoms with Crippen molar-refractivity contribution in [3.63, 3.8) is 0 Å². The van der Waals surface area contributed by atoms with Gasteiger partial charge in [-0.15, -0.1) is 0 Å². The quantitative estimate of drug-likeness (QED) is 0.621. The molecule has 10 heteroatoms. The van der Waals surface area contributed by atoms with E-state index in [9.17, 15) is 30.8 Å². The minimum atomic E-state index is -4.43. The number of nitrogens with zero attached hydrogens (tertiary/aromatic N) is 1. The number of hydrogen-bond donors (Lipinski definition) is 0. The van der Waals surface area contributed by atoms with Crippen molar-refractivity contribution >= 4 is 25.6 Å². The Morgan fingerprint density at radius 3 is 2.38 bits per heavy atom. The van der Waals surface area contributed by atoms with Crippen LogP contribution in [0.25, 0.3) is 0 Å². The number of carbonyl (C=O) groups is 1. The highest BCUT2D eigenvalue weighted by molar-refractivity contribution is 8.13. The van der Waals surface area contributed by atoms with Crippen molar-refractivity contribution in [1.82, 2.24) is 4.90 Å². The first-order valence-corrected chi connectivity index (χ1v) is 7.79. The molecular weight excluding hydrogens is 338 g/mol. The average molecular weight is 348 g/mol. The molecule has 0 radical (unpaired) electrons. The minimum absolute atomic E-state index is 0.278. The lowest BCUT2D eigenvalue weighted by molar-refractivity contribution is -0.136. The second-order valence-corrected chi connectivity index (χ2v) is 6.71. The Bertz CT molecular complexity index is 645. The molecule has 1 aromatic rings. The van der Waals surface area contributed by atoms with Gasteiger partial charge in [0.1, 0.15) is 10.7 Å². The minimum Gasteiger partial charge on any atom is -0.341 e. The van der Waals surface area contributed by atoms with E-state index in [1.165, 1.54) is 0 Å². The number of halogens is 5. The summed E-state index contributed by atoms with van der Waals surface area (Å²) in [5.74, 6) is -2.03. The highest BCUT2D eigenvalue weighted by atomic mass is 35.7. The van der Waals surface area contributed by atoms with Crippen molar-refractivity contribution in [3.8, 4) is 0 Å². The first-order valence-electron chi connectivity index (χ1n) is 5.48.